The first-order valence-corrected chi connectivity index (χ1v) is 2.49. The van der Waals surface area contributed by atoms with Crippen molar-refractivity contribution in [3.05, 3.63) is 30.3 Å². The van der Waals surface area contributed by atoms with Gasteiger partial charge in [0.15, 0.2) is 0 Å². The molecule has 0 atom stereocenters. The van der Waals surface area contributed by atoms with Crippen molar-refractivity contribution in [2.75, 3.05) is 0 Å². The molecule has 0 aliphatic carbocycles. The molecule has 0 spiro atoms. The summed E-state index contributed by atoms with van der Waals surface area (Å²) < 4.78 is 0. The molecule has 1 radical (unpaired) electrons. The van der Waals surface area contributed by atoms with E-state index < -0.39 is 0 Å². The van der Waals surface area contributed by atoms with Gasteiger partial charge >= 0.3 is 0 Å². The summed E-state index contributed by atoms with van der Waals surface area (Å²) >= 11 is 4.06. The molecule has 1 aromatic rings. The molecule has 0 aromatic heterocycles. The van der Waals surface area contributed by atoms with Gasteiger partial charge in [-0.1, -0.05) is 0 Å². The van der Waals surface area contributed by atoms with Crippen LogP contribution in [0.3, 0.4) is 0 Å². The molecule has 0 fully saturated rings. The molecule has 1 rings (SSSR count). The maximum atomic E-state index is 4.06. The van der Waals surface area contributed by atoms with Gasteiger partial charge in [-0.3, -0.25) is 0 Å². The third-order valence-corrected chi connectivity index (χ3v) is 0.999. The van der Waals surface area contributed by atoms with Gasteiger partial charge in [-0.2, -0.15) is 43.0 Å². The summed E-state index contributed by atoms with van der Waals surface area (Å²) in [6.45, 7) is 0. The normalized spacial score (nSPS) is 7.62. The topological polar surface area (TPSA) is 0 Å². The van der Waals surface area contributed by atoms with E-state index in [9.17, 15) is 0 Å². The van der Waals surface area contributed by atoms with Crippen LogP contribution in [0.15, 0.2) is 29.2 Å². The van der Waals surface area contributed by atoms with Crippen molar-refractivity contribution in [2.45, 2.75) is 4.90 Å². The number of hydrogen-bond donors (Lipinski definition) is 1. The summed E-state index contributed by atoms with van der Waals surface area (Å²) in [5, 5.41) is 0. The van der Waals surface area contributed by atoms with Crippen LogP contribution in [0.4, 0.5) is 0 Å². The van der Waals surface area contributed by atoms with Crippen molar-refractivity contribution in [1.82, 2.24) is 0 Å². The molecule has 0 nitrogen and oxygen atoms in total. The first-order chi connectivity index (χ1) is 3.39. The number of rotatable bonds is 0. The molecular formula is C6H5ReS-. The van der Waals surface area contributed by atoms with Crippen molar-refractivity contribution in [3.63, 3.8) is 0 Å². The van der Waals surface area contributed by atoms with Crippen LogP contribution in [-0.4, -0.2) is 0 Å². The van der Waals surface area contributed by atoms with Crippen LogP contribution >= 0.6 is 12.6 Å². The number of benzene rings is 1. The molecule has 0 aliphatic rings. The van der Waals surface area contributed by atoms with Gasteiger partial charge in [0.25, 0.3) is 0 Å². The molecule has 2 heteroatoms. The van der Waals surface area contributed by atoms with E-state index in [1.54, 1.807) is 0 Å². The molecule has 0 amide bonds. The molecule has 1 aromatic carbocycles. The van der Waals surface area contributed by atoms with Crippen molar-refractivity contribution in [2.24, 2.45) is 0 Å². The van der Waals surface area contributed by atoms with E-state index in [0.29, 0.717) is 0 Å². The zero-order valence-electron chi connectivity index (χ0n) is 4.13. The van der Waals surface area contributed by atoms with E-state index in [2.05, 4.69) is 18.7 Å². The zero-order valence-corrected chi connectivity index (χ0v) is 7.74. The Morgan fingerprint density at radius 3 is 2.00 bits per heavy atom. The molecule has 0 aliphatic heterocycles. The Labute approximate surface area is 68.4 Å². The van der Waals surface area contributed by atoms with E-state index >= 15 is 0 Å². The van der Waals surface area contributed by atoms with Crippen LogP contribution in [-0.2, 0) is 20.4 Å². The van der Waals surface area contributed by atoms with Crippen molar-refractivity contribution in [1.29, 1.82) is 0 Å². The van der Waals surface area contributed by atoms with Crippen LogP contribution < -0.4 is 0 Å². The first-order valence-electron chi connectivity index (χ1n) is 2.04. The largest absolute Gasteiger partial charge is 0.184 e. The van der Waals surface area contributed by atoms with Crippen LogP contribution in [0.2, 0.25) is 0 Å². The van der Waals surface area contributed by atoms with E-state index in [1.807, 2.05) is 24.3 Å². The molecule has 0 saturated heterocycles. The van der Waals surface area contributed by atoms with Gasteiger partial charge in [-0.15, -0.1) is 4.90 Å². The second-order valence-electron chi connectivity index (χ2n) is 1.26. The molecule has 0 saturated carbocycles. The predicted octanol–water partition coefficient (Wildman–Crippen LogP) is 1.77. The van der Waals surface area contributed by atoms with Crippen LogP contribution in [0.25, 0.3) is 0 Å². The van der Waals surface area contributed by atoms with Gasteiger partial charge in [0.05, 0.1) is 0 Å². The predicted molar refractivity (Wildman–Crippen MR) is 32.5 cm³/mol. The van der Waals surface area contributed by atoms with Gasteiger partial charge in [0, 0.05) is 20.4 Å². The Bertz CT molecular complexity index is 138. The molecule has 0 heterocycles. The second kappa shape index (κ2) is 4.15. The Balaban J connectivity index is 0.000000490. The van der Waals surface area contributed by atoms with Gasteiger partial charge in [-0.25, -0.2) is 0 Å². The summed E-state index contributed by atoms with van der Waals surface area (Å²) in [4.78, 5) is 0.985. The smallest absolute Gasteiger partial charge is 0 e. The molecule has 0 N–H and O–H groups in total. The Kier molecular flexibility index (Phi) is 4.27. The number of thiol groups is 1. The van der Waals surface area contributed by atoms with Gasteiger partial charge in [0.1, 0.15) is 0 Å². The summed E-state index contributed by atoms with van der Waals surface area (Å²) in [6, 6.07) is 10.3. The molecule has 0 bridgehead atoms. The Hall–Kier alpha value is 0.232. The summed E-state index contributed by atoms with van der Waals surface area (Å²) in [7, 11) is 0. The van der Waals surface area contributed by atoms with E-state index in [1.165, 1.54) is 0 Å². The minimum Gasteiger partial charge on any atom is -0.184 e. The molecule has 0 unspecified atom stereocenters. The fourth-order valence-corrected chi connectivity index (χ4v) is 0.527. The van der Waals surface area contributed by atoms with Crippen LogP contribution in [0.5, 0.6) is 0 Å². The summed E-state index contributed by atoms with van der Waals surface area (Å²) in [5.41, 5.74) is 0. The maximum Gasteiger partial charge on any atom is 0 e. The van der Waals surface area contributed by atoms with Crippen LogP contribution in [0.1, 0.15) is 0 Å². The van der Waals surface area contributed by atoms with Crippen LogP contribution in [0, 0.1) is 6.07 Å². The summed E-state index contributed by atoms with van der Waals surface area (Å²) in [5.74, 6) is 0. The van der Waals surface area contributed by atoms with Gasteiger partial charge in [-0.05, 0) is 0 Å². The van der Waals surface area contributed by atoms with E-state index in [4.69, 9.17) is 0 Å². The zero-order chi connectivity index (χ0) is 5.11. The standard InChI is InChI=1S/C6H5S.Re/c7-6-4-2-1-3-5-6;/h2-5,7H;/q-1;. The quantitative estimate of drug-likeness (QED) is 0.547. The maximum absolute atomic E-state index is 4.06. The average Bonchev–Trinajstić information content (AvgIpc) is 1.69. The fourth-order valence-electron chi connectivity index (χ4n) is 0.378. The Morgan fingerprint density at radius 1 is 1.25 bits per heavy atom. The van der Waals surface area contributed by atoms with E-state index in [0.717, 1.165) is 4.90 Å². The van der Waals surface area contributed by atoms with Crippen molar-refractivity contribution >= 4 is 12.6 Å². The molecular weight excluding hydrogens is 290 g/mol. The minimum atomic E-state index is 0. The van der Waals surface area contributed by atoms with Gasteiger partial charge in [0.2, 0.25) is 0 Å². The minimum absolute atomic E-state index is 0. The Morgan fingerprint density at radius 2 is 1.75 bits per heavy atom. The SMILES string of the molecule is Sc1cc[c-]cc1.[Re]. The molecule has 8 heavy (non-hydrogen) atoms. The van der Waals surface area contributed by atoms with Crippen molar-refractivity contribution < 1.29 is 20.4 Å². The first kappa shape index (κ1) is 8.23. The third kappa shape index (κ3) is 2.52. The molecule has 43 valence electrons. The van der Waals surface area contributed by atoms with Gasteiger partial charge < -0.3 is 0 Å². The monoisotopic (exact) mass is 296 g/mol. The second-order valence-corrected chi connectivity index (χ2v) is 1.77. The summed E-state index contributed by atoms with van der Waals surface area (Å²) in [6.07, 6.45) is 0. The number of hydrogen-bond acceptors (Lipinski definition) is 1. The van der Waals surface area contributed by atoms with E-state index in [-0.39, 0.29) is 20.4 Å². The average molecular weight is 295 g/mol. The van der Waals surface area contributed by atoms with Crippen molar-refractivity contribution in [3.8, 4) is 0 Å². The third-order valence-electron chi connectivity index (χ3n) is 0.701. The fraction of sp³-hybridized carbons (Fsp3) is 0.